The predicted molar refractivity (Wildman–Crippen MR) is 127 cm³/mol. The van der Waals surface area contributed by atoms with Gasteiger partial charge in [0.2, 0.25) is 0 Å². The fourth-order valence-corrected chi connectivity index (χ4v) is 3.74. The second kappa shape index (κ2) is 8.15. The van der Waals surface area contributed by atoms with E-state index in [1.165, 1.54) is 6.92 Å². The minimum atomic E-state index is -0.872. The second-order valence-electron chi connectivity index (χ2n) is 9.15. The number of aryl methyl sites for hydroxylation is 1. The highest BCUT2D eigenvalue weighted by Crippen LogP contribution is 2.33. The van der Waals surface area contributed by atoms with E-state index in [0.717, 1.165) is 57.8 Å². The van der Waals surface area contributed by atoms with Crippen molar-refractivity contribution in [3.8, 4) is 22.7 Å². The summed E-state index contributed by atoms with van der Waals surface area (Å²) in [4.78, 5) is 11.9. The van der Waals surface area contributed by atoms with E-state index in [0.29, 0.717) is 6.10 Å². The number of ketones is 1. The zero-order valence-electron chi connectivity index (χ0n) is 19.4. The van der Waals surface area contributed by atoms with Crippen LogP contribution in [0.2, 0.25) is 0 Å². The number of carbonyl (C=O) groups excluding carboxylic acids is 1. The van der Waals surface area contributed by atoms with E-state index in [1.807, 2.05) is 48.0 Å². The first-order valence-electron chi connectivity index (χ1n) is 11.3. The van der Waals surface area contributed by atoms with Gasteiger partial charge >= 0.3 is 0 Å². The van der Waals surface area contributed by atoms with Crippen LogP contribution in [0.5, 0.6) is 5.75 Å². The third kappa shape index (κ3) is 4.28. The van der Waals surface area contributed by atoms with E-state index in [4.69, 9.17) is 14.6 Å². The van der Waals surface area contributed by atoms with Crippen molar-refractivity contribution in [1.82, 2.24) is 20.0 Å². The number of fused-ring (bicyclic) bond motifs is 1. The quantitative estimate of drug-likeness (QED) is 0.406. The Morgan fingerprint density at radius 3 is 2.73 bits per heavy atom. The lowest BCUT2D eigenvalue weighted by Crippen LogP contribution is -2.32. The van der Waals surface area contributed by atoms with Crippen LogP contribution in [0.4, 0.5) is 0 Å². The number of H-pyrrole nitrogens is 1. The van der Waals surface area contributed by atoms with Crippen molar-refractivity contribution in [3.05, 3.63) is 59.9 Å². The molecule has 0 atom stereocenters. The molecule has 33 heavy (non-hydrogen) atoms. The number of aromatic nitrogens is 4. The van der Waals surface area contributed by atoms with Gasteiger partial charge in [-0.25, -0.2) is 4.68 Å². The van der Waals surface area contributed by atoms with Gasteiger partial charge in [0, 0.05) is 16.6 Å². The van der Waals surface area contributed by atoms with Gasteiger partial charge in [0.05, 0.1) is 35.3 Å². The number of Topliss-reactive ketones (excluding diaryl/α,β-unsaturated/α-hetero) is 1. The smallest absolute Gasteiger partial charge is 0.161 e. The maximum atomic E-state index is 11.9. The van der Waals surface area contributed by atoms with Gasteiger partial charge < -0.3 is 9.47 Å². The molecule has 2 aromatic carbocycles. The van der Waals surface area contributed by atoms with Gasteiger partial charge in [-0.2, -0.15) is 10.2 Å². The van der Waals surface area contributed by atoms with Crippen LogP contribution in [-0.2, 0) is 16.1 Å². The lowest BCUT2D eigenvalue weighted by Gasteiger charge is -2.21. The summed E-state index contributed by atoms with van der Waals surface area (Å²) in [6.45, 7) is 7.33. The normalized spacial score (nSPS) is 14.1. The van der Waals surface area contributed by atoms with Crippen molar-refractivity contribution in [1.29, 1.82) is 0 Å². The number of ether oxygens (including phenoxy) is 2. The summed E-state index contributed by atoms with van der Waals surface area (Å²) in [5, 5.41) is 13.4. The summed E-state index contributed by atoms with van der Waals surface area (Å²) in [5.74, 6) is 0.835. The molecule has 0 spiro atoms. The number of nitrogens with one attached hydrogen (secondary N) is 1. The summed E-state index contributed by atoms with van der Waals surface area (Å²) in [6, 6.07) is 16.1. The molecule has 170 valence electrons. The molecular weight excluding hydrogens is 416 g/mol. The van der Waals surface area contributed by atoms with Gasteiger partial charge in [-0.15, -0.1) is 0 Å². The van der Waals surface area contributed by atoms with Gasteiger partial charge in [0.1, 0.15) is 11.4 Å². The zero-order chi connectivity index (χ0) is 23.2. The van der Waals surface area contributed by atoms with Crippen molar-refractivity contribution in [2.75, 3.05) is 0 Å². The number of aromatic amines is 1. The summed E-state index contributed by atoms with van der Waals surface area (Å²) in [6.07, 6.45) is 2.54. The number of carbonyl (C=O) groups is 1. The fourth-order valence-electron chi connectivity index (χ4n) is 3.74. The van der Waals surface area contributed by atoms with Crippen LogP contribution in [0, 0.1) is 6.92 Å². The van der Waals surface area contributed by atoms with Gasteiger partial charge in [-0.1, -0.05) is 18.2 Å². The van der Waals surface area contributed by atoms with Crippen LogP contribution in [0.1, 0.15) is 45.0 Å². The molecule has 1 N–H and O–H groups in total. The number of rotatable bonds is 8. The first-order valence-corrected chi connectivity index (χ1v) is 11.3. The summed E-state index contributed by atoms with van der Waals surface area (Å²) >= 11 is 0. The van der Waals surface area contributed by atoms with E-state index in [9.17, 15) is 4.79 Å². The van der Waals surface area contributed by atoms with Gasteiger partial charge in [0.25, 0.3) is 0 Å². The Morgan fingerprint density at radius 2 is 1.97 bits per heavy atom. The molecule has 1 aliphatic rings. The molecule has 5 rings (SSSR count). The first-order chi connectivity index (χ1) is 15.8. The Labute approximate surface area is 192 Å². The summed E-state index contributed by atoms with van der Waals surface area (Å²) < 4.78 is 13.9. The van der Waals surface area contributed by atoms with Gasteiger partial charge in [-0.05, 0) is 70.9 Å². The molecule has 0 aliphatic heterocycles. The highest BCUT2D eigenvalue weighted by atomic mass is 16.5. The number of benzene rings is 2. The molecule has 0 saturated heterocycles. The van der Waals surface area contributed by atoms with Crippen LogP contribution in [0.3, 0.4) is 0 Å². The Balaban J connectivity index is 1.60. The average Bonchev–Trinajstić information content (AvgIpc) is 3.37. The molecule has 0 unspecified atom stereocenters. The van der Waals surface area contributed by atoms with E-state index >= 15 is 0 Å². The predicted octanol–water partition coefficient (Wildman–Crippen LogP) is 5.15. The van der Waals surface area contributed by atoms with Gasteiger partial charge in [-0.3, -0.25) is 9.89 Å². The van der Waals surface area contributed by atoms with Crippen molar-refractivity contribution in [2.45, 2.75) is 58.8 Å². The van der Waals surface area contributed by atoms with E-state index in [2.05, 4.69) is 22.3 Å². The molecule has 2 heterocycles. The lowest BCUT2D eigenvalue weighted by atomic mass is 10.1. The SMILES string of the molecule is CC(=O)C(C)(C)OCc1cc(-c2cccc(OC3CC3)c2)n(-c2cccc3n[nH]c(C)c23)n1. The monoisotopic (exact) mass is 444 g/mol. The van der Waals surface area contributed by atoms with Crippen molar-refractivity contribution < 1.29 is 14.3 Å². The Hall–Kier alpha value is -3.45. The Bertz CT molecular complexity index is 1330. The van der Waals surface area contributed by atoms with Crippen LogP contribution >= 0.6 is 0 Å². The van der Waals surface area contributed by atoms with Crippen molar-refractivity contribution >= 4 is 16.7 Å². The van der Waals surface area contributed by atoms with Crippen LogP contribution < -0.4 is 4.74 Å². The fraction of sp³-hybridized carbons (Fsp3) is 0.346. The molecule has 7 heteroatoms. The van der Waals surface area contributed by atoms with E-state index in [1.54, 1.807) is 13.8 Å². The maximum Gasteiger partial charge on any atom is 0.161 e. The first kappa shape index (κ1) is 21.4. The third-order valence-electron chi connectivity index (χ3n) is 6.11. The molecule has 0 bridgehead atoms. The highest BCUT2D eigenvalue weighted by Gasteiger charge is 2.26. The largest absolute Gasteiger partial charge is 0.490 e. The molecule has 1 aliphatic carbocycles. The lowest BCUT2D eigenvalue weighted by molar-refractivity contribution is -0.139. The standard InChI is InChI=1S/C26H28N4O3/c1-16-25-22(28-27-16)9-6-10-23(25)30-24(14-19(29-30)15-32-26(3,4)17(2)31)18-7-5-8-21(13-18)33-20-11-12-20/h5-10,13-14,20H,11-12,15H2,1-4H3,(H,27,28). The average molecular weight is 445 g/mol. The van der Waals surface area contributed by atoms with Crippen LogP contribution in [-0.4, -0.2) is 37.5 Å². The number of hydrogen-bond donors (Lipinski definition) is 1. The van der Waals surface area contributed by atoms with Crippen LogP contribution in [0.25, 0.3) is 27.8 Å². The number of hydrogen-bond acceptors (Lipinski definition) is 5. The minimum Gasteiger partial charge on any atom is -0.490 e. The molecular formula is C26H28N4O3. The molecule has 0 radical (unpaired) electrons. The van der Waals surface area contributed by atoms with Crippen molar-refractivity contribution in [2.24, 2.45) is 0 Å². The number of nitrogens with zero attached hydrogens (tertiary/aromatic N) is 3. The molecule has 7 nitrogen and oxygen atoms in total. The Kier molecular flexibility index (Phi) is 5.29. The molecule has 4 aromatic rings. The minimum absolute atomic E-state index is 0.0223. The van der Waals surface area contributed by atoms with Crippen molar-refractivity contribution in [3.63, 3.8) is 0 Å². The molecule has 1 saturated carbocycles. The molecule has 1 fully saturated rings. The Morgan fingerprint density at radius 1 is 1.18 bits per heavy atom. The molecule has 2 aromatic heterocycles. The molecule has 0 amide bonds. The van der Waals surface area contributed by atoms with E-state index < -0.39 is 5.60 Å². The highest BCUT2D eigenvalue weighted by molar-refractivity contribution is 5.90. The van der Waals surface area contributed by atoms with E-state index in [-0.39, 0.29) is 12.4 Å². The summed E-state index contributed by atoms with van der Waals surface area (Å²) in [5.41, 5.74) is 4.57. The summed E-state index contributed by atoms with van der Waals surface area (Å²) in [7, 11) is 0. The third-order valence-corrected chi connectivity index (χ3v) is 6.11. The maximum absolute atomic E-state index is 11.9. The van der Waals surface area contributed by atoms with Crippen LogP contribution in [0.15, 0.2) is 48.5 Å². The zero-order valence-corrected chi connectivity index (χ0v) is 19.4. The van der Waals surface area contributed by atoms with Gasteiger partial charge in [0.15, 0.2) is 5.78 Å². The topological polar surface area (TPSA) is 82.0 Å². The second-order valence-corrected chi connectivity index (χ2v) is 9.15.